The summed E-state index contributed by atoms with van der Waals surface area (Å²) in [6.07, 6.45) is 2.55. The molecule has 90 valence electrons. The Labute approximate surface area is 100 Å². The van der Waals surface area contributed by atoms with Gasteiger partial charge in [-0.15, -0.1) is 0 Å². The van der Waals surface area contributed by atoms with Gasteiger partial charge in [0.25, 0.3) is 0 Å². The molecule has 1 aromatic carbocycles. The third-order valence-electron chi connectivity index (χ3n) is 3.41. The largest absolute Gasteiger partial charge is 0.312 e. The molecule has 1 N–H and O–H groups in total. The standard InChI is InChI=1S/C15H25N/c1-5-14(6-2)10-16-11-15-9-12(3)7-8-13(15)4/h7-9,14,16H,5-6,10-11H2,1-4H3. The van der Waals surface area contributed by atoms with Crippen LogP contribution in [0.4, 0.5) is 0 Å². The summed E-state index contributed by atoms with van der Waals surface area (Å²) in [6.45, 7) is 11.0. The average molecular weight is 219 g/mol. The first-order valence-electron chi connectivity index (χ1n) is 6.44. The van der Waals surface area contributed by atoms with Crippen molar-refractivity contribution in [3.8, 4) is 0 Å². The molecule has 0 spiro atoms. The lowest BCUT2D eigenvalue weighted by atomic mass is 10.0. The summed E-state index contributed by atoms with van der Waals surface area (Å²) in [5, 5.41) is 3.57. The first-order chi connectivity index (χ1) is 7.67. The molecule has 0 bridgehead atoms. The Morgan fingerprint density at radius 2 is 1.81 bits per heavy atom. The van der Waals surface area contributed by atoms with Crippen LogP contribution in [0.5, 0.6) is 0 Å². The van der Waals surface area contributed by atoms with Crippen LogP contribution in [0.15, 0.2) is 18.2 Å². The van der Waals surface area contributed by atoms with E-state index in [0.717, 1.165) is 19.0 Å². The van der Waals surface area contributed by atoms with Crippen molar-refractivity contribution in [3.05, 3.63) is 34.9 Å². The molecule has 0 atom stereocenters. The van der Waals surface area contributed by atoms with Crippen molar-refractivity contribution in [1.29, 1.82) is 0 Å². The first-order valence-corrected chi connectivity index (χ1v) is 6.44. The highest BCUT2D eigenvalue weighted by Gasteiger charge is 2.03. The molecule has 0 unspecified atom stereocenters. The summed E-state index contributed by atoms with van der Waals surface area (Å²) < 4.78 is 0. The molecule has 0 saturated heterocycles. The molecular formula is C15H25N. The lowest BCUT2D eigenvalue weighted by Gasteiger charge is -2.14. The summed E-state index contributed by atoms with van der Waals surface area (Å²) in [7, 11) is 0. The predicted octanol–water partition coefficient (Wildman–Crippen LogP) is 3.83. The Balaban J connectivity index is 2.45. The van der Waals surface area contributed by atoms with E-state index in [2.05, 4.69) is 51.2 Å². The van der Waals surface area contributed by atoms with E-state index >= 15 is 0 Å². The molecule has 0 amide bonds. The molecule has 0 fully saturated rings. The van der Waals surface area contributed by atoms with Gasteiger partial charge in [0.05, 0.1) is 0 Å². The molecule has 1 aromatic rings. The second-order valence-corrected chi connectivity index (χ2v) is 4.74. The summed E-state index contributed by atoms with van der Waals surface area (Å²) in [5.41, 5.74) is 4.18. The second-order valence-electron chi connectivity index (χ2n) is 4.74. The quantitative estimate of drug-likeness (QED) is 0.766. The maximum absolute atomic E-state index is 3.57. The fourth-order valence-electron chi connectivity index (χ4n) is 1.98. The van der Waals surface area contributed by atoms with E-state index in [1.165, 1.54) is 29.5 Å². The van der Waals surface area contributed by atoms with Crippen molar-refractivity contribution in [2.45, 2.75) is 47.1 Å². The Morgan fingerprint density at radius 1 is 1.12 bits per heavy atom. The molecule has 0 aliphatic carbocycles. The Morgan fingerprint density at radius 3 is 2.44 bits per heavy atom. The molecule has 0 saturated carbocycles. The average Bonchev–Trinajstić information content (AvgIpc) is 2.29. The minimum Gasteiger partial charge on any atom is -0.312 e. The Bertz CT molecular complexity index is 313. The van der Waals surface area contributed by atoms with Crippen LogP contribution in [-0.4, -0.2) is 6.54 Å². The third kappa shape index (κ3) is 3.97. The minimum atomic E-state index is 0.824. The summed E-state index contributed by atoms with van der Waals surface area (Å²) in [5.74, 6) is 0.824. The molecule has 0 radical (unpaired) electrons. The maximum Gasteiger partial charge on any atom is 0.0208 e. The minimum absolute atomic E-state index is 0.824. The van der Waals surface area contributed by atoms with Gasteiger partial charge in [0.15, 0.2) is 0 Å². The smallest absolute Gasteiger partial charge is 0.0208 e. The zero-order valence-electron chi connectivity index (χ0n) is 11.1. The van der Waals surface area contributed by atoms with Gasteiger partial charge in [-0.1, -0.05) is 50.5 Å². The normalized spacial score (nSPS) is 11.1. The van der Waals surface area contributed by atoms with Gasteiger partial charge < -0.3 is 5.32 Å². The van der Waals surface area contributed by atoms with Gasteiger partial charge in [-0.2, -0.15) is 0 Å². The molecule has 0 aromatic heterocycles. The Hall–Kier alpha value is -0.820. The van der Waals surface area contributed by atoms with Crippen LogP contribution < -0.4 is 5.32 Å². The van der Waals surface area contributed by atoms with Gasteiger partial charge >= 0.3 is 0 Å². The van der Waals surface area contributed by atoms with E-state index in [9.17, 15) is 0 Å². The van der Waals surface area contributed by atoms with Crippen LogP contribution in [0.1, 0.15) is 43.4 Å². The highest BCUT2D eigenvalue weighted by atomic mass is 14.9. The topological polar surface area (TPSA) is 12.0 Å². The zero-order chi connectivity index (χ0) is 12.0. The van der Waals surface area contributed by atoms with Gasteiger partial charge in [0, 0.05) is 6.54 Å². The van der Waals surface area contributed by atoms with Gasteiger partial charge in [0.2, 0.25) is 0 Å². The van der Waals surface area contributed by atoms with Crippen molar-refractivity contribution < 1.29 is 0 Å². The number of hydrogen-bond donors (Lipinski definition) is 1. The number of hydrogen-bond acceptors (Lipinski definition) is 1. The van der Waals surface area contributed by atoms with E-state index in [4.69, 9.17) is 0 Å². The molecule has 16 heavy (non-hydrogen) atoms. The van der Waals surface area contributed by atoms with Crippen LogP contribution in [-0.2, 0) is 6.54 Å². The van der Waals surface area contributed by atoms with Crippen molar-refractivity contribution in [1.82, 2.24) is 5.32 Å². The monoisotopic (exact) mass is 219 g/mol. The molecular weight excluding hydrogens is 194 g/mol. The molecule has 1 rings (SSSR count). The zero-order valence-corrected chi connectivity index (χ0v) is 11.1. The third-order valence-corrected chi connectivity index (χ3v) is 3.41. The van der Waals surface area contributed by atoms with Crippen molar-refractivity contribution in [3.63, 3.8) is 0 Å². The molecule has 1 nitrogen and oxygen atoms in total. The highest BCUT2D eigenvalue weighted by molar-refractivity contribution is 5.30. The lowest BCUT2D eigenvalue weighted by Crippen LogP contribution is -2.22. The van der Waals surface area contributed by atoms with Crippen LogP contribution >= 0.6 is 0 Å². The first kappa shape index (κ1) is 13.2. The van der Waals surface area contributed by atoms with E-state index in [0.29, 0.717) is 0 Å². The SMILES string of the molecule is CCC(CC)CNCc1cc(C)ccc1C. The fraction of sp³-hybridized carbons (Fsp3) is 0.600. The molecule has 1 heteroatoms. The second kappa shape index (κ2) is 6.70. The van der Waals surface area contributed by atoms with E-state index < -0.39 is 0 Å². The van der Waals surface area contributed by atoms with E-state index in [1.54, 1.807) is 0 Å². The number of rotatable bonds is 6. The summed E-state index contributed by atoms with van der Waals surface area (Å²) >= 11 is 0. The highest BCUT2D eigenvalue weighted by Crippen LogP contribution is 2.11. The number of benzene rings is 1. The van der Waals surface area contributed by atoms with E-state index in [1.807, 2.05) is 0 Å². The van der Waals surface area contributed by atoms with Crippen LogP contribution in [0.3, 0.4) is 0 Å². The predicted molar refractivity (Wildman–Crippen MR) is 71.7 cm³/mol. The molecule has 0 aliphatic rings. The molecule has 0 aliphatic heterocycles. The van der Waals surface area contributed by atoms with Crippen LogP contribution in [0, 0.1) is 19.8 Å². The van der Waals surface area contributed by atoms with Crippen molar-refractivity contribution in [2.24, 2.45) is 5.92 Å². The van der Waals surface area contributed by atoms with Crippen molar-refractivity contribution >= 4 is 0 Å². The van der Waals surface area contributed by atoms with E-state index in [-0.39, 0.29) is 0 Å². The van der Waals surface area contributed by atoms with Crippen LogP contribution in [0.2, 0.25) is 0 Å². The number of nitrogens with one attached hydrogen (secondary N) is 1. The van der Waals surface area contributed by atoms with Gasteiger partial charge in [-0.05, 0) is 37.4 Å². The van der Waals surface area contributed by atoms with Gasteiger partial charge in [-0.25, -0.2) is 0 Å². The maximum atomic E-state index is 3.57. The van der Waals surface area contributed by atoms with Crippen molar-refractivity contribution in [2.75, 3.05) is 6.54 Å². The summed E-state index contributed by atoms with van der Waals surface area (Å²) in [6, 6.07) is 6.68. The Kier molecular flexibility index (Phi) is 5.54. The van der Waals surface area contributed by atoms with Crippen LogP contribution in [0.25, 0.3) is 0 Å². The molecule has 0 heterocycles. The summed E-state index contributed by atoms with van der Waals surface area (Å²) in [4.78, 5) is 0. The lowest BCUT2D eigenvalue weighted by molar-refractivity contribution is 0.449. The van der Waals surface area contributed by atoms with Gasteiger partial charge in [-0.3, -0.25) is 0 Å². The number of aryl methyl sites for hydroxylation is 2. The fourth-order valence-corrected chi connectivity index (χ4v) is 1.98. The van der Waals surface area contributed by atoms with Gasteiger partial charge in [0.1, 0.15) is 0 Å².